The number of nitrogens with two attached hydrogens (primary N) is 1. The summed E-state index contributed by atoms with van der Waals surface area (Å²) >= 11 is 3.13. The summed E-state index contributed by atoms with van der Waals surface area (Å²) in [6.45, 7) is 8.80. The standard InChI is InChI=1S/C14H25N3OS2/c1-5-8-9-17(7-3)14-12(19-4)10(15)11(20-14)13(18)16-6-2/h5-9,15H2,1-4H3,(H,16,18). The maximum absolute atomic E-state index is 12.1. The van der Waals surface area contributed by atoms with Crippen molar-refractivity contribution in [1.82, 2.24) is 5.32 Å². The Morgan fingerprint density at radius 2 is 2.10 bits per heavy atom. The molecule has 0 aliphatic rings. The first-order chi connectivity index (χ1) is 9.60. The molecule has 114 valence electrons. The van der Waals surface area contributed by atoms with E-state index in [-0.39, 0.29) is 5.91 Å². The van der Waals surface area contributed by atoms with Crippen molar-refractivity contribution in [3.8, 4) is 0 Å². The first kappa shape index (κ1) is 17.2. The van der Waals surface area contributed by atoms with Crippen LogP contribution < -0.4 is 16.0 Å². The van der Waals surface area contributed by atoms with E-state index in [0.29, 0.717) is 17.1 Å². The van der Waals surface area contributed by atoms with Crippen molar-refractivity contribution in [3.05, 3.63) is 4.88 Å². The number of amides is 1. The van der Waals surface area contributed by atoms with Crippen molar-refractivity contribution < 1.29 is 4.79 Å². The Labute approximate surface area is 130 Å². The molecule has 0 fully saturated rings. The van der Waals surface area contributed by atoms with E-state index in [1.807, 2.05) is 13.2 Å². The van der Waals surface area contributed by atoms with E-state index in [4.69, 9.17) is 5.73 Å². The van der Waals surface area contributed by atoms with Gasteiger partial charge in [-0.15, -0.1) is 23.1 Å². The van der Waals surface area contributed by atoms with Crippen LogP contribution in [0.1, 0.15) is 43.3 Å². The van der Waals surface area contributed by atoms with Gasteiger partial charge in [-0.2, -0.15) is 0 Å². The van der Waals surface area contributed by atoms with Crippen LogP contribution in [0.25, 0.3) is 0 Å². The average Bonchev–Trinajstić information content (AvgIpc) is 2.77. The normalized spacial score (nSPS) is 10.6. The minimum Gasteiger partial charge on any atom is -0.396 e. The average molecular weight is 316 g/mol. The Hall–Kier alpha value is -0.880. The zero-order chi connectivity index (χ0) is 15.1. The fourth-order valence-corrected chi connectivity index (χ4v) is 4.17. The van der Waals surface area contributed by atoms with Crippen LogP contribution in [0.4, 0.5) is 10.7 Å². The van der Waals surface area contributed by atoms with E-state index in [1.54, 1.807) is 11.8 Å². The lowest BCUT2D eigenvalue weighted by Gasteiger charge is -2.22. The third kappa shape index (κ3) is 3.82. The Kier molecular flexibility index (Phi) is 7.23. The number of thiophene rings is 1. The monoisotopic (exact) mass is 315 g/mol. The van der Waals surface area contributed by atoms with Gasteiger partial charge in [0.05, 0.1) is 10.6 Å². The number of rotatable bonds is 8. The molecule has 0 aliphatic heterocycles. The van der Waals surface area contributed by atoms with Gasteiger partial charge in [-0.25, -0.2) is 0 Å². The second-order valence-electron chi connectivity index (χ2n) is 4.48. The Morgan fingerprint density at radius 3 is 2.60 bits per heavy atom. The predicted molar refractivity (Wildman–Crippen MR) is 91.3 cm³/mol. The van der Waals surface area contributed by atoms with Gasteiger partial charge in [0.1, 0.15) is 9.88 Å². The summed E-state index contributed by atoms with van der Waals surface area (Å²) in [5, 5.41) is 3.96. The molecule has 1 amide bonds. The van der Waals surface area contributed by atoms with Crippen molar-refractivity contribution in [1.29, 1.82) is 0 Å². The lowest BCUT2D eigenvalue weighted by atomic mass is 10.3. The van der Waals surface area contributed by atoms with Gasteiger partial charge in [-0.3, -0.25) is 4.79 Å². The second kappa shape index (κ2) is 8.42. The molecule has 0 bridgehead atoms. The number of carbonyl (C=O) groups is 1. The minimum absolute atomic E-state index is 0.0666. The highest BCUT2D eigenvalue weighted by Crippen LogP contribution is 2.43. The number of unbranched alkanes of at least 4 members (excludes halogenated alkanes) is 1. The van der Waals surface area contributed by atoms with Gasteiger partial charge in [0.25, 0.3) is 5.91 Å². The van der Waals surface area contributed by atoms with E-state index in [9.17, 15) is 4.79 Å². The SMILES string of the molecule is CCCCN(CC)c1sc(C(=O)NCC)c(N)c1SC. The molecule has 1 heterocycles. The van der Waals surface area contributed by atoms with Crippen LogP contribution >= 0.6 is 23.1 Å². The zero-order valence-electron chi connectivity index (χ0n) is 12.8. The number of nitrogens with one attached hydrogen (secondary N) is 1. The minimum atomic E-state index is -0.0666. The van der Waals surface area contributed by atoms with Crippen molar-refractivity contribution in [2.24, 2.45) is 0 Å². The Balaban J connectivity index is 3.11. The van der Waals surface area contributed by atoms with Crippen molar-refractivity contribution >= 4 is 39.7 Å². The maximum atomic E-state index is 12.1. The Bertz CT molecular complexity index is 446. The van der Waals surface area contributed by atoms with Crippen molar-refractivity contribution in [2.45, 2.75) is 38.5 Å². The lowest BCUT2D eigenvalue weighted by molar-refractivity contribution is 0.0960. The predicted octanol–water partition coefficient (Wildman–Crippen LogP) is 3.43. The molecule has 4 nitrogen and oxygen atoms in total. The summed E-state index contributed by atoms with van der Waals surface area (Å²) < 4.78 is 0. The lowest BCUT2D eigenvalue weighted by Crippen LogP contribution is -2.23. The van der Waals surface area contributed by atoms with Crippen molar-refractivity contribution in [3.63, 3.8) is 0 Å². The highest BCUT2D eigenvalue weighted by Gasteiger charge is 2.22. The molecule has 0 aromatic carbocycles. The molecule has 1 rings (SSSR count). The summed E-state index contributed by atoms with van der Waals surface area (Å²) in [6, 6.07) is 0. The first-order valence-corrected chi connectivity index (χ1v) is 9.14. The van der Waals surface area contributed by atoms with E-state index in [0.717, 1.165) is 35.8 Å². The van der Waals surface area contributed by atoms with Crippen LogP contribution in [0.15, 0.2) is 4.90 Å². The number of carbonyl (C=O) groups excluding carboxylic acids is 1. The highest BCUT2D eigenvalue weighted by atomic mass is 32.2. The fourth-order valence-electron chi connectivity index (χ4n) is 1.98. The van der Waals surface area contributed by atoms with Crippen LogP contribution in [-0.2, 0) is 0 Å². The first-order valence-electron chi connectivity index (χ1n) is 7.09. The van der Waals surface area contributed by atoms with E-state index in [2.05, 4.69) is 24.1 Å². The molecule has 0 aliphatic carbocycles. The molecular weight excluding hydrogens is 290 g/mol. The summed E-state index contributed by atoms with van der Waals surface area (Å²) in [5.41, 5.74) is 6.79. The van der Waals surface area contributed by atoms with Crippen molar-refractivity contribution in [2.75, 3.05) is 36.5 Å². The third-order valence-corrected chi connectivity index (χ3v) is 5.30. The van der Waals surface area contributed by atoms with Gasteiger partial charge in [0.2, 0.25) is 0 Å². The van der Waals surface area contributed by atoms with Gasteiger partial charge in [0, 0.05) is 19.6 Å². The molecule has 0 saturated heterocycles. The number of nitrogens with zero attached hydrogens (tertiary/aromatic N) is 1. The number of hydrogen-bond acceptors (Lipinski definition) is 5. The van der Waals surface area contributed by atoms with Crippen LogP contribution in [0.3, 0.4) is 0 Å². The molecule has 0 unspecified atom stereocenters. The van der Waals surface area contributed by atoms with E-state index < -0.39 is 0 Å². The quantitative estimate of drug-likeness (QED) is 0.722. The summed E-state index contributed by atoms with van der Waals surface area (Å²) in [7, 11) is 0. The van der Waals surface area contributed by atoms with Gasteiger partial charge in [-0.1, -0.05) is 13.3 Å². The summed E-state index contributed by atoms with van der Waals surface area (Å²) in [5.74, 6) is -0.0666. The van der Waals surface area contributed by atoms with Gasteiger partial charge in [0.15, 0.2) is 0 Å². The molecule has 0 radical (unpaired) electrons. The number of hydrogen-bond donors (Lipinski definition) is 2. The largest absolute Gasteiger partial charge is 0.396 e. The van der Waals surface area contributed by atoms with Gasteiger partial charge >= 0.3 is 0 Å². The van der Waals surface area contributed by atoms with Crippen LogP contribution in [0, 0.1) is 0 Å². The zero-order valence-corrected chi connectivity index (χ0v) is 14.4. The molecule has 0 atom stereocenters. The number of anilines is 2. The maximum Gasteiger partial charge on any atom is 0.263 e. The Morgan fingerprint density at radius 1 is 1.40 bits per heavy atom. The number of nitrogen functional groups attached to an aromatic ring is 1. The second-order valence-corrected chi connectivity index (χ2v) is 6.29. The molecule has 0 saturated carbocycles. The fraction of sp³-hybridized carbons (Fsp3) is 0.643. The molecule has 6 heteroatoms. The summed E-state index contributed by atoms with van der Waals surface area (Å²) in [4.78, 5) is 16.1. The van der Waals surface area contributed by atoms with E-state index >= 15 is 0 Å². The topological polar surface area (TPSA) is 58.4 Å². The van der Waals surface area contributed by atoms with Gasteiger partial charge in [-0.05, 0) is 26.5 Å². The third-order valence-electron chi connectivity index (χ3n) is 3.08. The van der Waals surface area contributed by atoms with Crippen LogP contribution in [0.2, 0.25) is 0 Å². The van der Waals surface area contributed by atoms with E-state index in [1.165, 1.54) is 11.3 Å². The molecule has 1 aromatic heterocycles. The van der Waals surface area contributed by atoms with Crippen LogP contribution in [-0.4, -0.2) is 31.8 Å². The van der Waals surface area contributed by atoms with Gasteiger partial charge < -0.3 is 16.0 Å². The number of thioether (sulfide) groups is 1. The molecule has 1 aromatic rings. The molecule has 3 N–H and O–H groups in total. The molecule has 20 heavy (non-hydrogen) atoms. The molecular formula is C14H25N3OS2. The summed E-state index contributed by atoms with van der Waals surface area (Å²) in [6.07, 6.45) is 4.32. The van der Waals surface area contributed by atoms with Crippen LogP contribution in [0.5, 0.6) is 0 Å². The smallest absolute Gasteiger partial charge is 0.263 e. The highest BCUT2D eigenvalue weighted by molar-refractivity contribution is 7.99. The molecule has 0 spiro atoms.